The summed E-state index contributed by atoms with van der Waals surface area (Å²) in [6.07, 6.45) is 10.0. The van der Waals surface area contributed by atoms with Crippen LogP contribution in [0.25, 0.3) is 11.4 Å². The molecule has 8 N–H and O–H groups in total. The molecular formula is C48H54N6O5S. The van der Waals surface area contributed by atoms with Gasteiger partial charge in [-0.2, -0.15) is 0 Å². The third-order valence-electron chi connectivity index (χ3n) is 11.1. The highest BCUT2D eigenvalue weighted by molar-refractivity contribution is 7.99. The molecule has 0 bridgehead atoms. The maximum absolute atomic E-state index is 12.0. The molecular weight excluding hydrogens is 773 g/mol. The van der Waals surface area contributed by atoms with E-state index in [9.17, 15) is 19.8 Å². The Bertz CT molecular complexity index is 2240. The second kappa shape index (κ2) is 19.4. The summed E-state index contributed by atoms with van der Waals surface area (Å²) >= 11 is 1.71. The predicted octanol–water partition coefficient (Wildman–Crippen LogP) is 9.14. The molecule has 60 heavy (non-hydrogen) atoms. The third kappa shape index (κ3) is 10.8. The van der Waals surface area contributed by atoms with E-state index in [1.807, 2.05) is 90.6 Å². The summed E-state index contributed by atoms with van der Waals surface area (Å²) in [4.78, 5) is 25.1. The lowest BCUT2D eigenvalue weighted by Gasteiger charge is -2.28. The number of carbonyl (C=O) groups excluding carboxylic acids is 2. The van der Waals surface area contributed by atoms with Gasteiger partial charge in [-0.1, -0.05) is 41.6 Å². The van der Waals surface area contributed by atoms with Crippen molar-refractivity contribution in [3.63, 3.8) is 0 Å². The maximum atomic E-state index is 12.0. The van der Waals surface area contributed by atoms with Crippen LogP contribution in [0.2, 0.25) is 0 Å². The average molecular weight is 827 g/mol. The summed E-state index contributed by atoms with van der Waals surface area (Å²) in [7, 11) is 0. The highest BCUT2D eigenvalue weighted by Crippen LogP contribution is 2.34. The second-order valence-corrected chi connectivity index (χ2v) is 16.9. The Labute approximate surface area is 355 Å². The Hall–Kier alpha value is -5.95. The van der Waals surface area contributed by atoms with Crippen LogP contribution in [0.3, 0.4) is 0 Å². The van der Waals surface area contributed by atoms with Crippen LogP contribution in [0, 0.1) is 13.8 Å². The molecule has 8 rings (SSSR count). The summed E-state index contributed by atoms with van der Waals surface area (Å²) in [5.74, 6) is 0.535. The number of nitrogens with zero attached hydrogens (tertiary/aromatic N) is 2. The monoisotopic (exact) mass is 826 g/mol. The van der Waals surface area contributed by atoms with E-state index in [-0.39, 0.29) is 24.3 Å². The van der Waals surface area contributed by atoms with Crippen LogP contribution < -0.4 is 26.8 Å². The van der Waals surface area contributed by atoms with Crippen molar-refractivity contribution in [1.82, 2.24) is 9.13 Å². The number of carbonyl (C=O) groups is 2. The number of aromatic nitrogens is 2. The number of hydrogen-bond acceptors (Lipinski definition) is 8. The fourth-order valence-electron chi connectivity index (χ4n) is 7.84. The Balaban J connectivity index is 0.000000181. The molecule has 2 aliphatic rings. The van der Waals surface area contributed by atoms with E-state index in [2.05, 4.69) is 52.5 Å². The molecule has 12 heteroatoms. The zero-order chi connectivity index (χ0) is 42.2. The zero-order valence-electron chi connectivity index (χ0n) is 34.1. The minimum Gasteiger partial charge on any atom is -0.440 e. The Morgan fingerprint density at radius 1 is 0.617 bits per heavy atom. The van der Waals surface area contributed by atoms with Crippen molar-refractivity contribution in [2.24, 2.45) is 11.5 Å². The average Bonchev–Trinajstić information content (AvgIpc) is 3.89. The van der Waals surface area contributed by atoms with Gasteiger partial charge in [-0.3, -0.25) is 14.2 Å². The largest absolute Gasteiger partial charge is 0.440 e. The number of ether oxygens (including phenoxy) is 1. The van der Waals surface area contributed by atoms with Gasteiger partial charge < -0.3 is 41.6 Å². The van der Waals surface area contributed by atoms with Gasteiger partial charge >= 0.3 is 0 Å². The van der Waals surface area contributed by atoms with Crippen molar-refractivity contribution in [2.45, 2.75) is 99.4 Å². The summed E-state index contributed by atoms with van der Waals surface area (Å²) in [6.45, 7) is 4.12. The van der Waals surface area contributed by atoms with Crippen molar-refractivity contribution in [3.05, 3.63) is 144 Å². The molecule has 2 heterocycles. The first-order valence-corrected chi connectivity index (χ1v) is 21.4. The van der Waals surface area contributed by atoms with Gasteiger partial charge in [0.1, 0.15) is 5.75 Å². The Morgan fingerprint density at radius 2 is 1.13 bits per heavy atom. The minimum absolute atomic E-state index is 0.203. The number of benzene rings is 4. The van der Waals surface area contributed by atoms with E-state index in [4.69, 9.17) is 16.2 Å². The van der Waals surface area contributed by atoms with Gasteiger partial charge in [0, 0.05) is 52.5 Å². The van der Waals surface area contributed by atoms with E-state index >= 15 is 0 Å². The van der Waals surface area contributed by atoms with Gasteiger partial charge in [-0.15, -0.1) is 0 Å². The molecule has 2 amide bonds. The number of aliphatic hydroxyl groups excluding tert-OH is 2. The quantitative estimate of drug-likeness (QED) is 0.0710. The van der Waals surface area contributed by atoms with Gasteiger partial charge in [0.05, 0.1) is 34.0 Å². The minimum atomic E-state index is -0.469. The SMILES string of the molecule is Cc1cccc(Oc2cccn2-c2ccc(C(N)=O)c(NC3CCC(O)CC3)c2)c1.Cc1cccc(Sc2cccn2-c2ccc(C(N)=O)c(NC3CCC(O)CC3)c2)c1. The smallest absolute Gasteiger partial charge is 0.250 e. The lowest BCUT2D eigenvalue weighted by atomic mass is 9.92. The van der Waals surface area contributed by atoms with Gasteiger partial charge in [-0.25, -0.2) is 0 Å². The number of nitrogens with one attached hydrogen (secondary N) is 2. The standard InChI is InChI=1S/C24H27N3O3.C24H27N3O2S/c2*1-16-4-2-5-20(14-16)30-23-6-3-13-27(23)18-9-12-21(24(25)29)22(15-18)26-17-7-10-19(28)11-8-17/h2*2-6,9,12-15,17,19,26,28H,7-8,10-11H2,1H3,(H2,25,29). The van der Waals surface area contributed by atoms with Gasteiger partial charge in [0.2, 0.25) is 5.88 Å². The lowest BCUT2D eigenvalue weighted by Crippen LogP contribution is -2.29. The molecule has 2 saturated carbocycles. The van der Waals surface area contributed by atoms with E-state index in [1.165, 1.54) is 10.5 Å². The number of nitrogens with two attached hydrogens (primary N) is 2. The molecule has 6 aromatic rings. The fraction of sp³-hybridized carbons (Fsp3) is 0.292. The van der Waals surface area contributed by atoms with E-state index < -0.39 is 11.8 Å². The molecule has 0 atom stereocenters. The van der Waals surface area contributed by atoms with Gasteiger partial charge in [0.15, 0.2) is 0 Å². The Morgan fingerprint density at radius 3 is 1.68 bits per heavy atom. The molecule has 2 aromatic heterocycles. The zero-order valence-corrected chi connectivity index (χ0v) is 34.9. The number of amides is 2. The van der Waals surface area contributed by atoms with Crippen LogP contribution in [0.1, 0.15) is 83.2 Å². The molecule has 11 nitrogen and oxygen atoms in total. The van der Waals surface area contributed by atoms with E-state index in [1.54, 1.807) is 23.9 Å². The number of aryl methyl sites for hydroxylation is 2. The van der Waals surface area contributed by atoms with Crippen molar-refractivity contribution >= 4 is 35.0 Å². The van der Waals surface area contributed by atoms with Crippen molar-refractivity contribution in [2.75, 3.05) is 10.6 Å². The second-order valence-electron chi connectivity index (χ2n) is 15.8. The van der Waals surface area contributed by atoms with Crippen LogP contribution in [0.15, 0.2) is 132 Å². The number of anilines is 2. The van der Waals surface area contributed by atoms with Gasteiger partial charge in [-0.05, 0) is 150 Å². The van der Waals surface area contributed by atoms with Crippen LogP contribution in [-0.4, -0.2) is 55.5 Å². The molecule has 0 spiro atoms. The van der Waals surface area contributed by atoms with Crippen LogP contribution >= 0.6 is 11.8 Å². The first kappa shape index (κ1) is 42.2. The molecule has 0 saturated heterocycles. The van der Waals surface area contributed by atoms with E-state index in [0.717, 1.165) is 84.8 Å². The maximum Gasteiger partial charge on any atom is 0.250 e. The number of aliphatic hydroxyl groups is 2. The highest BCUT2D eigenvalue weighted by Gasteiger charge is 2.23. The first-order valence-electron chi connectivity index (χ1n) is 20.6. The fourth-order valence-corrected chi connectivity index (χ4v) is 8.88. The Kier molecular flexibility index (Phi) is 13.6. The van der Waals surface area contributed by atoms with Crippen molar-refractivity contribution < 1.29 is 24.5 Å². The molecule has 2 aliphatic carbocycles. The lowest BCUT2D eigenvalue weighted by molar-refractivity contribution is 0.0992. The molecule has 0 aliphatic heterocycles. The molecule has 2 fully saturated rings. The number of primary amides is 2. The summed E-state index contributed by atoms with van der Waals surface area (Å²) < 4.78 is 10.1. The van der Waals surface area contributed by atoms with Crippen molar-refractivity contribution in [1.29, 1.82) is 0 Å². The summed E-state index contributed by atoms with van der Waals surface area (Å²) in [5.41, 5.74) is 17.8. The predicted molar refractivity (Wildman–Crippen MR) is 239 cm³/mol. The topological polar surface area (TPSA) is 170 Å². The van der Waals surface area contributed by atoms with E-state index in [0.29, 0.717) is 22.7 Å². The summed E-state index contributed by atoms with van der Waals surface area (Å²) in [6, 6.07) is 35.9. The van der Waals surface area contributed by atoms with Crippen LogP contribution in [0.4, 0.5) is 11.4 Å². The number of rotatable bonds is 12. The van der Waals surface area contributed by atoms with Crippen LogP contribution in [0.5, 0.6) is 11.6 Å². The highest BCUT2D eigenvalue weighted by atomic mass is 32.2. The molecule has 312 valence electrons. The number of hydrogen-bond donors (Lipinski definition) is 6. The molecule has 0 radical (unpaired) electrons. The molecule has 4 aromatic carbocycles. The first-order chi connectivity index (χ1) is 29.0. The third-order valence-corrected chi connectivity index (χ3v) is 12.1. The summed E-state index contributed by atoms with van der Waals surface area (Å²) in [5, 5.41) is 27.6. The van der Waals surface area contributed by atoms with Crippen molar-refractivity contribution in [3.8, 4) is 23.0 Å². The molecule has 0 unspecified atom stereocenters. The normalized spacial score (nSPS) is 18.8. The van der Waals surface area contributed by atoms with Gasteiger partial charge in [0.25, 0.3) is 11.8 Å². The van der Waals surface area contributed by atoms with Crippen LogP contribution in [-0.2, 0) is 0 Å².